The highest BCUT2D eigenvalue weighted by molar-refractivity contribution is 6.31. The SMILES string of the molecule is CCN(CC(=O)N(C)C)c1nc(C)c(C)nc1Cl. The van der Waals surface area contributed by atoms with E-state index in [0.29, 0.717) is 17.5 Å². The first-order valence-electron chi connectivity index (χ1n) is 5.82. The van der Waals surface area contributed by atoms with Crippen LogP contribution in [-0.2, 0) is 4.79 Å². The number of anilines is 1. The lowest BCUT2D eigenvalue weighted by molar-refractivity contribution is -0.127. The van der Waals surface area contributed by atoms with Gasteiger partial charge >= 0.3 is 0 Å². The van der Waals surface area contributed by atoms with Gasteiger partial charge in [0.25, 0.3) is 0 Å². The van der Waals surface area contributed by atoms with Gasteiger partial charge in [0.15, 0.2) is 11.0 Å². The Morgan fingerprint density at radius 1 is 1.22 bits per heavy atom. The van der Waals surface area contributed by atoms with Gasteiger partial charge in [0, 0.05) is 20.6 Å². The third-order valence-electron chi connectivity index (χ3n) is 2.75. The van der Waals surface area contributed by atoms with Gasteiger partial charge in [-0.25, -0.2) is 9.97 Å². The van der Waals surface area contributed by atoms with Crippen LogP contribution in [0.1, 0.15) is 18.3 Å². The maximum absolute atomic E-state index is 11.7. The Morgan fingerprint density at radius 3 is 2.28 bits per heavy atom. The number of hydrogen-bond donors (Lipinski definition) is 0. The zero-order chi connectivity index (χ0) is 13.9. The Balaban J connectivity index is 3.02. The molecule has 0 atom stereocenters. The molecule has 0 aliphatic heterocycles. The molecule has 1 aromatic rings. The van der Waals surface area contributed by atoms with Gasteiger partial charge in [-0.05, 0) is 20.8 Å². The van der Waals surface area contributed by atoms with Crippen LogP contribution in [0.15, 0.2) is 0 Å². The smallest absolute Gasteiger partial charge is 0.241 e. The van der Waals surface area contributed by atoms with Crippen LogP contribution >= 0.6 is 11.6 Å². The van der Waals surface area contributed by atoms with Crippen molar-refractivity contribution >= 4 is 23.3 Å². The van der Waals surface area contributed by atoms with Crippen LogP contribution in [0.4, 0.5) is 5.82 Å². The van der Waals surface area contributed by atoms with Crippen LogP contribution in [0.3, 0.4) is 0 Å². The van der Waals surface area contributed by atoms with Gasteiger partial charge in [0.2, 0.25) is 5.91 Å². The number of carbonyl (C=O) groups excluding carboxylic acids is 1. The molecule has 0 aliphatic carbocycles. The summed E-state index contributed by atoms with van der Waals surface area (Å²) in [7, 11) is 3.45. The minimum atomic E-state index is 0.00736. The molecule has 1 amide bonds. The Bertz CT molecular complexity index is 448. The van der Waals surface area contributed by atoms with E-state index in [-0.39, 0.29) is 12.5 Å². The van der Waals surface area contributed by atoms with E-state index in [0.717, 1.165) is 11.4 Å². The molecule has 0 saturated heterocycles. The number of nitrogens with zero attached hydrogens (tertiary/aromatic N) is 4. The molecule has 0 unspecified atom stereocenters. The highest BCUT2D eigenvalue weighted by atomic mass is 35.5. The third kappa shape index (κ3) is 3.32. The monoisotopic (exact) mass is 270 g/mol. The maximum atomic E-state index is 11.7. The van der Waals surface area contributed by atoms with Crippen LogP contribution in [-0.4, -0.2) is 48.0 Å². The number of rotatable bonds is 4. The second-order valence-electron chi connectivity index (χ2n) is 4.31. The molecule has 0 radical (unpaired) electrons. The van der Waals surface area contributed by atoms with E-state index in [1.54, 1.807) is 19.0 Å². The zero-order valence-electron chi connectivity index (χ0n) is 11.5. The lowest BCUT2D eigenvalue weighted by atomic mass is 10.3. The van der Waals surface area contributed by atoms with Crippen molar-refractivity contribution in [2.24, 2.45) is 0 Å². The van der Waals surface area contributed by atoms with E-state index >= 15 is 0 Å². The first-order valence-corrected chi connectivity index (χ1v) is 6.20. The van der Waals surface area contributed by atoms with Crippen LogP contribution in [0, 0.1) is 13.8 Å². The molecule has 0 aliphatic rings. The summed E-state index contributed by atoms with van der Waals surface area (Å²) in [6.07, 6.45) is 0. The number of amides is 1. The van der Waals surface area contributed by atoms with Crippen molar-refractivity contribution < 1.29 is 4.79 Å². The van der Waals surface area contributed by atoms with Gasteiger partial charge in [0.1, 0.15) is 0 Å². The van der Waals surface area contributed by atoms with Crippen LogP contribution < -0.4 is 4.90 Å². The van der Waals surface area contributed by atoms with Crippen LogP contribution in [0.2, 0.25) is 5.15 Å². The van der Waals surface area contributed by atoms with Crippen LogP contribution in [0.5, 0.6) is 0 Å². The van der Waals surface area contributed by atoms with E-state index in [1.165, 1.54) is 0 Å². The Kier molecular flexibility index (Phi) is 4.90. The topological polar surface area (TPSA) is 49.3 Å². The lowest BCUT2D eigenvalue weighted by Gasteiger charge is -2.24. The predicted octanol–water partition coefficient (Wildman–Crippen LogP) is 1.66. The average molecular weight is 271 g/mol. The second kappa shape index (κ2) is 6.00. The summed E-state index contributed by atoms with van der Waals surface area (Å²) in [6, 6.07) is 0. The highest BCUT2D eigenvalue weighted by Gasteiger charge is 2.17. The van der Waals surface area contributed by atoms with E-state index in [2.05, 4.69) is 9.97 Å². The fourth-order valence-corrected chi connectivity index (χ4v) is 1.69. The summed E-state index contributed by atoms with van der Waals surface area (Å²) in [6.45, 7) is 6.59. The van der Waals surface area contributed by atoms with Crippen molar-refractivity contribution in [3.05, 3.63) is 16.5 Å². The van der Waals surface area contributed by atoms with Gasteiger partial charge in [-0.1, -0.05) is 11.6 Å². The number of carbonyl (C=O) groups is 1. The molecule has 1 rings (SSSR count). The molecule has 100 valence electrons. The van der Waals surface area contributed by atoms with Crippen molar-refractivity contribution in [3.63, 3.8) is 0 Å². The van der Waals surface area contributed by atoms with Crippen molar-refractivity contribution in [1.82, 2.24) is 14.9 Å². The molecule has 0 fully saturated rings. The molecule has 6 heteroatoms. The first-order chi connectivity index (χ1) is 8.36. The summed E-state index contributed by atoms with van der Waals surface area (Å²) in [5.41, 5.74) is 1.63. The molecule has 0 N–H and O–H groups in total. The number of hydrogen-bond acceptors (Lipinski definition) is 4. The third-order valence-corrected chi connectivity index (χ3v) is 3.01. The summed E-state index contributed by atoms with van der Waals surface area (Å²) in [4.78, 5) is 23.8. The van der Waals surface area contributed by atoms with Gasteiger partial charge in [-0.15, -0.1) is 0 Å². The number of likely N-dealkylation sites (N-methyl/N-ethyl adjacent to an activating group) is 2. The van der Waals surface area contributed by atoms with Crippen molar-refractivity contribution in [3.8, 4) is 0 Å². The normalized spacial score (nSPS) is 10.3. The summed E-state index contributed by atoms with van der Waals surface area (Å²) < 4.78 is 0. The molecule has 1 aromatic heterocycles. The van der Waals surface area contributed by atoms with Gasteiger partial charge in [-0.3, -0.25) is 4.79 Å². The van der Waals surface area contributed by atoms with E-state index < -0.39 is 0 Å². The molecule has 18 heavy (non-hydrogen) atoms. The highest BCUT2D eigenvalue weighted by Crippen LogP contribution is 2.22. The average Bonchev–Trinajstić information content (AvgIpc) is 2.30. The molecular formula is C12H19ClN4O. The minimum Gasteiger partial charge on any atom is -0.347 e. The summed E-state index contributed by atoms with van der Waals surface area (Å²) in [5, 5.41) is 0.339. The number of aryl methyl sites for hydroxylation is 2. The van der Waals surface area contributed by atoms with Crippen molar-refractivity contribution in [1.29, 1.82) is 0 Å². The fourth-order valence-electron chi connectivity index (χ4n) is 1.41. The fraction of sp³-hybridized carbons (Fsp3) is 0.583. The first kappa shape index (κ1) is 14.7. The molecular weight excluding hydrogens is 252 g/mol. The largest absolute Gasteiger partial charge is 0.347 e. The Labute approximate surface area is 113 Å². The molecule has 0 bridgehead atoms. The molecule has 0 spiro atoms. The lowest BCUT2D eigenvalue weighted by Crippen LogP contribution is -2.37. The van der Waals surface area contributed by atoms with Gasteiger partial charge in [-0.2, -0.15) is 0 Å². The van der Waals surface area contributed by atoms with E-state index in [1.807, 2.05) is 25.7 Å². The second-order valence-corrected chi connectivity index (χ2v) is 4.67. The predicted molar refractivity (Wildman–Crippen MR) is 73.1 cm³/mol. The van der Waals surface area contributed by atoms with Crippen molar-refractivity contribution in [2.75, 3.05) is 32.1 Å². The number of aromatic nitrogens is 2. The van der Waals surface area contributed by atoms with Crippen LogP contribution in [0.25, 0.3) is 0 Å². The van der Waals surface area contributed by atoms with Crippen molar-refractivity contribution in [2.45, 2.75) is 20.8 Å². The molecule has 0 saturated carbocycles. The molecule has 5 nitrogen and oxygen atoms in total. The molecule has 1 heterocycles. The molecule has 0 aromatic carbocycles. The zero-order valence-corrected chi connectivity index (χ0v) is 12.2. The maximum Gasteiger partial charge on any atom is 0.241 e. The standard InChI is InChI=1S/C12H19ClN4O/c1-6-17(7-10(18)16(4)5)12-11(13)14-8(2)9(3)15-12/h6-7H2,1-5H3. The summed E-state index contributed by atoms with van der Waals surface area (Å²) >= 11 is 6.10. The Hall–Kier alpha value is -1.36. The van der Waals surface area contributed by atoms with E-state index in [9.17, 15) is 4.79 Å². The van der Waals surface area contributed by atoms with Gasteiger partial charge in [0.05, 0.1) is 17.9 Å². The summed E-state index contributed by atoms with van der Waals surface area (Å²) in [5.74, 6) is 0.574. The number of halogens is 1. The van der Waals surface area contributed by atoms with Gasteiger partial charge < -0.3 is 9.80 Å². The quantitative estimate of drug-likeness (QED) is 0.835. The minimum absolute atomic E-state index is 0.00736. The van der Waals surface area contributed by atoms with E-state index in [4.69, 9.17) is 11.6 Å². The Morgan fingerprint density at radius 2 is 1.78 bits per heavy atom.